The second kappa shape index (κ2) is 9.58. The van der Waals surface area contributed by atoms with Gasteiger partial charge in [-0.3, -0.25) is 14.4 Å². The fourth-order valence-electron chi connectivity index (χ4n) is 4.22. The van der Waals surface area contributed by atoms with Crippen LogP contribution in [0.3, 0.4) is 0 Å². The molecular weight excluding hydrogens is 431 g/mol. The van der Waals surface area contributed by atoms with Crippen LogP contribution in [0.25, 0.3) is 0 Å². The largest absolute Gasteiger partial charge is 0.490 e. The van der Waals surface area contributed by atoms with Crippen molar-refractivity contribution in [3.8, 4) is 5.75 Å². The second-order valence-corrected chi connectivity index (χ2v) is 8.09. The van der Waals surface area contributed by atoms with Crippen LogP contribution in [0.1, 0.15) is 40.0 Å². The van der Waals surface area contributed by atoms with Gasteiger partial charge in [0, 0.05) is 12.7 Å². The third kappa shape index (κ3) is 4.83. The normalized spacial score (nSPS) is 22.2. The van der Waals surface area contributed by atoms with Crippen LogP contribution in [0.2, 0.25) is 0 Å². The van der Waals surface area contributed by atoms with Gasteiger partial charge in [0.25, 0.3) is 11.8 Å². The first-order valence-electron chi connectivity index (χ1n) is 10.7. The molecule has 1 N–H and O–H groups in total. The summed E-state index contributed by atoms with van der Waals surface area (Å²) in [5.74, 6) is -1.51. The molecule has 0 radical (unpaired) electrons. The monoisotopic (exact) mass is 456 g/mol. The lowest BCUT2D eigenvalue weighted by Crippen LogP contribution is -2.53. The number of carbonyl (C=O) groups excluding carboxylic acids is 3. The first kappa shape index (κ1) is 22.7. The number of anilines is 1. The summed E-state index contributed by atoms with van der Waals surface area (Å²) in [6.45, 7) is 0.202. The highest BCUT2D eigenvalue weighted by molar-refractivity contribution is 6.05. The highest BCUT2D eigenvalue weighted by Gasteiger charge is 2.39. The summed E-state index contributed by atoms with van der Waals surface area (Å²) in [4.78, 5) is 38.9. The molecule has 174 valence electrons. The van der Waals surface area contributed by atoms with Gasteiger partial charge in [-0.2, -0.15) is 0 Å². The van der Waals surface area contributed by atoms with Crippen molar-refractivity contribution in [1.82, 2.24) is 4.90 Å². The number of amides is 2. The zero-order valence-electron chi connectivity index (χ0n) is 18.4. The van der Waals surface area contributed by atoms with E-state index >= 15 is 0 Å². The average Bonchev–Trinajstić information content (AvgIpc) is 2.82. The van der Waals surface area contributed by atoms with E-state index in [0.717, 1.165) is 0 Å². The quantitative estimate of drug-likeness (QED) is 0.711. The summed E-state index contributed by atoms with van der Waals surface area (Å²) in [6.07, 6.45) is 0.728. The Labute approximate surface area is 190 Å². The highest BCUT2D eigenvalue weighted by Crippen LogP contribution is 2.32. The van der Waals surface area contributed by atoms with Gasteiger partial charge in [0.1, 0.15) is 24.3 Å². The van der Waals surface area contributed by atoms with Crippen molar-refractivity contribution in [3.05, 3.63) is 59.4 Å². The highest BCUT2D eigenvalue weighted by atomic mass is 19.1. The standard InChI is InChI=1S/C24H25FN2O6/c1-27-19-9-8-15(12-22(28)31-2)33-21(19)13-32-20-10-7-14(11-17(20)24(27)30)26-23(29)16-5-3-4-6-18(16)25/h3-7,10-11,15,19,21H,8-9,12-13H2,1-2H3,(H,26,29)/t15-,19-,21+/m1/s1. The van der Waals surface area contributed by atoms with Gasteiger partial charge < -0.3 is 24.4 Å². The molecule has 8 nitrogen and oxygen atoms in total. The fraction of sp³-hybridized carbons (Fsp3) is 0.375. The topological polar surface area (TPSA) is 94.2 Å². The van der Waals surface area contributed by atoms with Gasteiger partial charge in [-0.15, -0.1) is 0 Å². The molecule has 4 rings (SSSR count). The number of nitrogens with zero attached hydrogens (tertiary/aromatic N) is 1. The first-order chi connectivity index (χ1) is 15.9. The van der Waals surface area contributed by atoms with Crippen LogP contribution < -0.4 is 10.1 Å². The van der Waals surface area contributed by atoms with Crippen LogP contribution in [-0.2, 0) is 14.3 Å². The lowest BCUT2D eigenvalue weighted by molar-refractivity contribution is -0.151. The number of hydrogen-bond acceptors (Lipinski definition) is 6. The molecule has 0 aliphatic carbocycles. The predicted octanol–water partition coefficient (Wildman–Crippen LogP) is 3.02. The Morgan fingerprint density at radius 2 is 2.00 bits per heavy atom. The van der Waals surface area contributed by atoms with E-state index in [-0.39, 0.29) is 42.6 Å². The number of nitrogens with one attached hydrogen (secondary N) is 1. The van der Waals surface area contributed by atoms with Gasteiger partial charge >= 0.3 is 5.97 Å². The molecule has 3 atom stereocenters. The number of likely N-dealkylation sites (N-methyl/N-ethyl adjacent to an activating group) is 1. The molecule has 1 fully saturated rings. The van der Waals surface area contributed by atoms with Crippen molar-refractivity contribution in [1.29, 1.82) is 0 Å². The number of methoxy groups -OCH3 is 1. The fourth-order valence-corrected chi connectivity index (χ4v) is 4.22. The molecule has 2 aliphatic heterocycles. The van der Waals surface area contributed by atoms with E-state index < -0.39 is 17.8 Å². The third-order valence-corrected chi connectivity index (χ3v) is 6.01. The van der Waals surface area contributed by atoms with Crippen molar-refractivity contribution in [2.45, 2.75) is 37.5 Å². The maximum Gasteiger partial charge on any atom is 0.308 e. The summed E-state index contributed by atoms with van der Waals surface area (Å²) >= 11 is 0. The minimum atomic E-state index is -0.630. The molecule has 2 aliphatic rings. The van der Waals surface area contributed by atoms with Crippen LogP contribution in [0.15, 0.2) is 42.5 Å². The van der Waals surface area contributed by atoms with Gasteiger partial charge in [-0.25, -0.2) is 4.39 Å². The van der Waals surface area contributed by atoms with Crippen molar-refractivity contribution in [3.63, 3.8) is 0 Å². The van der Waals surface area contributed by atoms with Crippen LogP contribution in [0, 0.1) is 5.82 Å². The van der Waals surface area contributed by atoms with Gasteiger partial charge in [0.15, 0.2) is 0 Å². The molecule has 0 aromatic heterocycles. The zero-order chi connectivity index (χ0) is 23.5. The van der Waals surface area contributed by atoms with E-state index in [2.05, 4.69) is 5.32 Å². The number of halogens is 1. The number of ether oxygens (including phenoxy) is 3. The Hall–Kier alpha value is -3.46. The Kier molecular flexibility index (Phi) is 6.60. The van der Waals surface area contributed by atoms with E-state index in [9.17, 15) is 18.8 Å². The SMILES string of the molecule is COC(=O)C[C@H]1CC[C@@H]2[C@H](COc3ccc(NC(=O)c4ccccc4F)cc3C(=O)N2C)O1. The Morgan fingerprint density at radius 1 is 1.21 bits per heavy atom. The molecule has 0 unspecified atom stereocenters. The number of fused-ring (bicyclic) bond motifs is 2. The molecule has 33 heavy (non-hydrogen) atoms. The molecule has 2 aromatic carbocycles. The van der Waals surface area contributed by atoms with Crippen molar-refractivity contribution >= 4 is 23.5 Å². The molecule has 2 aromatic rings. The maximum absolute atomic E-state index is 13.9. The number of rotatable bonds is 4. The van der Waals surface area contributed by atoms with E-state index in [1.807, 2.05) is 0 Å². The number of hydrogen-bond donors (Lipinski definition) is 1. The number of esters is 1. The molecular formula is C24H25FN2O6. The summed E-state index contributed by atoms with van der Waals surface area (Å²) in [7, 11) is 3.03. The van der Waals surface area contributed by atoms with Crippen molar-refractivity contribution < 1.29 is 33.0 Å². The number of benzene rings is 2. The van der Waals surface area contributed by atoms with E-state index in [0.29, 0.717) is 29.8 Å². The van der Waals surface area contributed by atoms with E-state index in [4.69, 9.17) is 14.2 Å². The predicted molar refractivity (Wildman–Crippen MR) is 117 cm³/mol. The summed E-state index contributed by atoms with van der Waals surface area (Å²) < 4.78 is 30.6. The molecule has 0 spiro atoms. The maximum atomic E-state index is 13.9. The molecule has 0 bridgehead atoms. The van der Waals surface area contributed by atoms with Crippen molar-refractivity contribution in [2.24, 2.45) is 0 Å². The van der Waals surface area contributed by atoms with Gasteiger partial charge in [-0.05, 0) is 43.2 Å². The van der Waals surface area contributed by atoms with Crippen LogP contribution in [0.4, 0.5) is 10.1 Å². The van der Waals surface area contributed by atoms with Crippen LogP contribution >= 0.6 is 0 Å². The average molecular weight is 456 g/mol. The lowest BCUT2D eigenvalue weighted by Gasteiger charge is -2.42. The smallest absolute Gasteiger partial charge is 0.308 e. The second-order valence-electron chi connectivity index (χ2n) is 8.09. The van der Waals surface area contributed by atoms with Crippen LogP contribution in [-0.4, -0.2) is 61.7 Å². The van der Waals surface area contributed by atoms with E-state index in [1.165, 1.54) is 31.4 Å². The molecule has 0 saturated carbocycles. The molecule has 1 saturated heterocycles. The minimum absolute atomic E-state index is 0.0901. The number of carbonyl (C=O) groups is 3. The van der Waals surface area contributed by atoms with Gasteiger partial charge in [-0.1, -0.05) is 12.1 Å². The van der Waals surface area contributed by atoms with Crippen molar-refractivity contribution in [2.75, 3.05) is 26.1 Å². The Morgan fingerprint density at radius 3 is 2.76 bits per heavy atom. The summed E-state index contributed by atoms with van der Waals surface area (Å²) in [5, 5.41) is 2.63. The van der Waals surface area contributed by atoms with E-state index in [1.54, 1.807) is 30.1 Å². The minimum Gasteiger partial charge on any atom is -0.490 e. The Bertz CT molecular complexity index is 1070. The third-order valence-electron chi connectivity index (χ3n) is 6.01. The first-order valence-corrected chi connectivity index (χ1v) is 10.7. The molecule has 2 heterocycles. The lowest BCUT2D eigenvalue weighted by atomic mass is 9.94. The molecule has 2 amide bonds. The van der Waals surface area contributed by atoms with Gasteiger partial charge in [0.05, 0.1) is 36.8 Å². The zero-order valence-corrected chi connectivity index (χ0v) is 18.4. The van der Waals surface area contributed by atoms with Crippen LogP contribution in [0.5, 0.6) is 5.75 Å². The summed E-state index contributed by atoms with van der Waals surface area (Å²) in [6, 6.07) is 10.1. The van der Waals surface area contributed by atoms with Gasteiger partial charge in [0.2, 0.25) is 0 Å². The summed E-state index contributed by atoms with van der Waals surface area (Å²) in [5.41, 5.74) is 0.550. The molecule has 9 heteroatoms. The Balaban J connectivity index is 1.52.